The van der Waals surface area contributed by atoms with Gasteiger partial charge in [-0.2, -0.15) is 0 Å². The van der Waals surface area contributed by atoms with Crippen molar-refractivity contribution in [3.63, 3.8) is 0 Å². The predicted octanol–water partition coefficient (Wildman–Crippen LogP) is -0.586. The van der Waals surface area contributed by atoms with Crippen LogP contribution in [0.15, 0.2) is 4.52 Å². The van der Waals surface area contributed by atoms with Crippen molar-refractivity contribution in [3.05, 3.63) is 12.0 Å². The Hall–Kier alpha value is -0.910. The molecule has 0 fully saturated rings. The Labute approximate surface area is 57.9 Å². The molecule has 6 heteroatoms. The molecule has 0 amide bonds. The molecule has 0 aromatic carbocycles. The SMILES string of the molecule is CS(=O)(=O)Cc1[c]nno1. The van der Waals surface area contributed by atoms with Crippen molar-refractivity contribution < 1.29 is 12.9 Å². The molecule has 0 N–H and O–H groups in total. The molecule has 0 saturated carbocycles. The number of nitrogens with zero attached hydrogens (tertiary/aromatic N) is 2. The van der Waals surface area contributed by atoms with Gasteiger partial charge in [-0.05, 0) is 0 Å². The molecule has 1 aromatic rings. The fourth-order valence-corrected chi connectivity index (χ4v) is 1.06. The second kappa shape index (κ2) is 2.37. The molecule has 0 aliphatic heterocycles. The monoisotopic (exact) mass is 161 g/mol. The van der Waals surface area contributed by atoms with Crippen molar-refractivity contribution in [2.75, 3.05) is 6.26 Å². The molecule has 5 nitrogen and oxygen atoms in total. The van der Waals surface area contributed by atoms with Gasteiger partial charge in [0.25, 0.3) is 0 Å². The Balaban J connectivity index is 2.75. The zero-order chi connectivity index (χ0) is 7.61. The van der Waals surface area contributed by atoms with Crippen molar-refractivity contribution in [2.45, 2.75) is 5.75 Å². The van der Waals surface area contributed by atoms with Crippen LogP contribution in [0, 0.1) is 6.20 Å². The second-order valence-electron chi connectivity index (χ2n) is 1.88. The summed E-state index contributed by atoms with van der Waals surface area (Å²) in [7, 11) is -3.05. The topological polar surface area (TPSA) is 73.1 Å². The van der Waals surface area contributed by atoms with E-state index in [2.05, 4.69) is 21.1 Å². The fourth-order valence-electron chi connectivity index (χ4n) is 0.463. The Morgan fingerprint density at radius 3 is 2.80 bits per heavy atom. The van der Waals surface area contributed by atoms with E-state index < -0.39 is 9.84 Å². The number of hydrogen-bond donors (Lipinski definition) is 0. The van der Waals surface area contributed by atoms with Gasteiger partial charge in [0.15, 0.2) is 21.8 Å². The summed E-state index contributed by atoms with van der Waals surface area (Å²) in [5.74, 6) is -0.0532. The molecule has 0 aliphatic carbocycles. The van der Waals surface area contributed by atoms with E-state index in [1.165, 1.54) is 0 Å². The largest absolute Gasteiger partial charge is 0.340 e. The first-order valence-corrected chi connectivity index (χ1v) is 4.50. The normalized spacial score (nSPS) is 11.7. The van der Waals surface area contributed by atoms with Crippen LogP contribution in [0.1, 0.15) is 5.76 Å². The van der Waals surface area contributed by atoms with Gasteiger partial charge in [-0.25, -0.2) is 8.42 Å². The lowest BCUT2D eigenvalue weighted by Gasteiger charge is -1.87. The van der Waals surface area contributed by atoms with Gasteiger partial charge in [0.1, 0.15) is 5.75 Å². The molecule has 0 saturated heterocycles. The molecular formula is C4H5N2O3S. The zero-order valence-corrected chi connectivity index (χ0v) is 6.05. The molecule has 1 radical (unpaired) electrons. The van der Waals surface area contributed by atoms with Gasteiger partial charge in [-0.15, -0.1) is 5.10 Å². The summed E-state index contributed by atoms with van der Waals surface area (Å²) in [6, 6.07) is 0. The molecule has 0 atom stereocenters. The Kier molecular flexibility index (Phi) is 1.71. The summed E-state index contributed by atoms with van der Waals surface area (Å²) in [5.41, 5.74) is 0. The lowest BCUT2D eigenvalue weighted by atomic mass is 10.6. The van der Waals surface area contributed by atoms with Crippen molar-refractivity contribution in [3.8, 4) is 0 Å². The highest BCUT2D eigenvalue weighted by molar-refractivity contribution is 7.89. The minimum Gasteiger partial charge on any atom is -0.340 e. The van der Waals surface area contributed by atoms with Crippen molar-refractivity contribution in [2.24, 2.45) is 0 Å². The van der Waals surface area contributed by atoms with Gasteiger partial charge in [0, 0.05) is 11.5 Å². The molecule has 10 heavy (non-hydrogen) atoms. The maximum absolute atomic E-state index is 10.6. The summed E-state index contributed by atoms with van der Waals surface area (Å²) >= 11 is 0. The average Bonchev–Trinajstić information content (AvgIpc) is 2.12. The fraction of sp³-hybridized carbons (Fsp3) is 0.500. The highest BCUT2D eigenvalue weighted by Crippen LogP contribution is 1.98. The number of sulfone groups is 1. The number of hydrogen-bond acceptors (Lipinski definition) is 5. The molecule has 1 aromatic heterocycles. The van der Waals surface area contributed by atoms with Gasteiger partial charge in [-0.1, -0.05) is 0 Å². The molecule has 0 spiro atoms. The Bertz CT molecular complexity index is 288. The maximum atomic E-state index is 10.6. The summed E-state index contributed by atoms with van der Waals surface area (Å²) in [4.78, 5) is 0. The minimum atomic E-state index is -3.05. The lowest BCUT2D eigenvalue weighted by molar-refractivity contribution is 0.370. The van der Waals surface area contributed by atoms with Crippen LogP contribution in [0.25, 0.3) is 0 Å². The molecule has 0 unspecified atom stereocenters. The van der Waals surface area contributed by atoms with Crippen LogP contribution in [0.4, 0.5) is 0 Å². The van der Waals surface area contributed by atoms with E-state index in [9.17, 15) is 8.42 Å². The highest BCUT2D eigenvalue weighted by Gasteiger charge is 2.07. The minimum absolute atomic E-state index is 0.141. The van der Waals surface area contributed by atoms with E-state index in [1.807, 2.05) is 0 Å². The predicted molar refractivity (Wildman–Crippen MR) is 31.7 cm³/mol. The summed E-state index contributed by atoms with van der Waals surface area (Å²) in [5, 5.41) is 6.26. The first-order valence-electron chi connectivity index (χ1n) is 2.44. The van der Waals surface area contributed by atoms with Gasteiger partial charge in [0.05, 0.1) is 0 Å². The zero-order valence-electron chi connectivity index (χ0n) is 5.23. The summed E-state index contributed by atoms with van der Waals surface area (Å²) in [6.07, 6.45) is 3.39. The number of rotatable bonds is 2. The van der Waals surface area contributed by atoms with Crippen molar-refractivity contribution in [1.29, 1.82) is 0 Å². The van der Waals surface area contributed by atoms with Crippen LogP contribution in [0.3, 0.4) is 0 Å². The molecule has 55 valence electrons. The van der Waals surface area contributed by atoms with Crippen LogP contribution in [-0.4, -0.2) is 25.0 Å². The smallest absolute Gasteiger partial charge is 0.181 e. The van der Waals surface area contributed by atoms with Gasteiger partial charge in [-0.3, -0.25) is 0 Å². The average molecular weight is 161 g/mol. The van der Waals surface area contributed by atoms with Gasteiger partial charge < -0.3 is 4.52 Å². The van der Waals surface area contributed by atoms with Crippen molar-refractivity contribution in [1.82, 2.24) is 10.4 Å². The summed E-state index contributed by atoms with van der Waals surface area (Å²) in [6.45, 7) is 0. The maximum Gasteiger partial charge on any atom is 0.181 e. The first-order chi connectivity index (χ1) is 4.58. The number of aromatic nitrogens is 2. The second-order valence-corrected chi connectivity index (χ2v) is 4.02. The quantitative estimate of drug-likeness (QED) is 0.579. The molecule has 0 aliphatic rings. The summed E-state index contributed by atoms with van der Waals surface area (Å²) < 4.78 is 25.5. The van der Waals surface area contributed by atoms with Crippen LogP contribution in [-0.2, 0) is 15.6 Å². The standard InChI is InChI=1S/C4H5N2O3S/c1-10(7,8)3-4-2-5-6-9-4/h3H2,1H3. The van der Waals surface area contributed by atoms with E-state index in [0.29, 0.717) is 0 Å². The van der Waals surface area contributed by atoms with Crippen molar-refractivity contribution >= 4 is 9.84 Å². The van der Waals surface area contributed by atoms with Gasteiger partial charge in [0.2, 0.25) is 0 Å². The highest BCUT2D eigenvalue weighted by atomic mass is 32.2. The third-order valence-corrected chi connectivity index (χ3v) is 1.55. The molecule has 1 rings (SSSR count). The molecule has 0 bridgehead atoms. The van der Waals surface area contributed by atoms with Crippen LogP contribution in [0.5, 0.6) is 0 Å². The van der Waals surface area contributed by atoms with E-state index in [4.69, 9.17) is 0 Å². The van der Waals surface area contributed by atoms with Crippen LogP contribution < -0.4 is 0 Å². The third-order valence-electron chi connectivity index (χ3n) is 0.760. The van der Waals surface area contributed by atoms with E-state index in [1.54, 1.807) is 0 Å². The van der Waals surface area contributed by atoms with E-state index in [-0.39, 0.29) is 11.5 Å². The Morgan fingerprint density at radius 2 is 2.40 bits per heavy atom. The molecule has 1 heterocycles. The van der Waals surface area contributed by atoms with E-state index >= 15 is 0 Å². The van der Waals surface area contributed by atoms with E-state index in [0.717, 1.165) is 6.26 Å². The first kappa shape index (κ1) is 7.20. The third kappa shape index (κ3) is 2.14. The van der Waals surface area contributed by atoms with Crippen LogP contribution in [0.2, 0.25) is 0 Å². The van der Waals surface area contributed by atoms with Gasteiger partial charge >= 0.3 is 0 Å². The van der Waals surface area contributed by atoms with Crippen LogP contribution >= 0.6 is 0 Å². The lowest BCUT2D eigenvalue weighted by Crippen LogP contribution is -1.99. The molecular weight excluding hydrogens is 156 g/mol. The Morgan fingerprint density at radius 1 is 1.70 bits per heavy atom.